The number of amides is 2. The van der Waals surface area contributed by atoms with Gasteiger partial charge in [-0.3, -0.25) is 9.59 Å². The predicted octanol–water partition coefficient (Wildman–Crippen LogP) is -0.203. The number of carbonyl (C=O) groups excluding carboxylic acids is 2. The SMILES string of the molecule is CC(C)(C)NC(=O)CCNC(=O)c1ccc(NN)nn1. The Balaban J connectivity index is 2.38. The summed E-state index contributed by atoms with van der Waals surface area (Å²) in [4.78, 5) is 23.3. The Morgan fingerprint density at radius 3 is 2.45 bits per heavy atom. The van der Waals surface area contributed by atoms with Gasteiger partial charge in [-0.05, 0) is 32.9 Å². The largest absolute Gasteiger partial charge is 0.351 e. The highest BCUT2D eigenvalue weighted by atomic mass is 16.2. The normalized spacial score (nSPS) is 10.8. The molecule has 1 rings (SSSR count). The Bertz CT molecular complexity index is 466. The highest BCUT2D eigenvalue weighted by Crippen LogP contribution is 2.00. The smallest absolute Gasteiger partial charge is 0.271 e. The minimum Gasteiger partial charge on any atom is -0.351 e. The van der Waals surface area contributed by atoms with Crippen LogP contribution in [-0.4, -0.2) is 34.1 Å². The fourth-order valence-electron chi connectivity index (χ4n) is 1.39. The lowest BCUT2D eigenvalue weighted by Crippen LogP contribution is -2.42. The number of carbonyl (C=O) groups is 2. The van der Waals surface area contributed by atoms with Gasteiger partial charge < -0.3 is 16.1 Å². The molecule has 5 N–H and O–H groups in total. The molecule has 20 heavy (non-hydrogen) atoms. The quantitative estimate of drug-likeness (QED) is 0.437. The van der Waals surface area contributed by atoms with Gasteiger partial charge in [0.2, 0.25) is 5.91 Å². The number of rotatable bonds is 5. The Morgan fingerprint density at radius 1 is 1.25 bits per heavy atom. The van der Waals surface area contributed by atoms with Crippen molar-refractivity contribution in [2.75, 3.05) is 12.0 Å². The van der Waals surface area contributed by atoms with Crippen molar-refractivity contribution in [3.8, 4) is 0 Å². The fourth-order valence-corrected chi connectivity index (χ4v) is 1.39. The highest BCUT2D eigenvalue weighted by Gasteiger charge is 2.14. The summed E-state index contributed by atoms with van der Waals surface area (Å²) < 4.78 is 0. The van der Waals surface area contributed by atoms with E-state index in [-0.39, 0.29) is 36.0 Å². The van der Waals surface area contributed by atoms with Gasteiger partial charge in [0.15, 0.2) is 11.5 Å². The number of aromatic nitrogens is 2. The van der Waals surface area contributed by atoms with E-state index in [0.717, 1.165) is 0 Å². The van der Waals surface area contributed by atoms with Crippen molar-refractivity contribution in [3.63, 3.8) is 0 Å². The summed E-state index contributed by atoms with van der Waals surface area (Å²) in [7, 11) is 0. The standard InChI is InChI=1S/C12H20N6O2/c1-12(2,3)15-10(19)6-7-14-11(20)8-4-5-9(16-13)18-17-8/h4-5H,6-7,13H2,1-3H3,(H,14,20)(H,15,19)(H,16,18). The van der Waals surface area contributed by atoms with Crippen LogP contribution in [0, 0.1) is 0 Å². The van der Waals surface area contributed by atoms with Crippen LogP contribution in [-0.2, 0) is 4.79 Å². The number of nitrogens with one attached hydrogen (secondary N) is 3. The van der Waals surface area contributed by atoms with Crippen LogP contribution in [0.2, 0.25) is 0 Å². The van der Waals surface area contributed by atoms with E-state index >= 15 is 0 Å². The molecule has 0 radical (unpaired) electrons. The third kappa shape index (κ3) is 5.61. The maximum Gasteiger partial charge on any atom is 0.271 e. The lowest BCUT2D eigenvalue weighted by Gasteiger charge is -2.20. The maximum absolute atomic E-state index is 11.7. The van der Waals surface area contributed by atoms with E-state index < -0.39 is 0 Å². The van der Waals surface area contributed by atoms with Gasteiger partial charge in [0.1, 0.15) is 0 Å². The lowest BCUT2D eigenvalue weighted by molar-refractivity contribution is -0.122. The summed E-state index contributed by atoms with van der Waals surface area (Å²) in [5.74, 6) is 5.01. The van der Waals surface area contributed by atoms with Crippen LogP contribution in [0.5, 0.6) is 0 Å². The third-order valence-electron chi connectivity index (χ3n) is 2.20. The minimum atomic E-state index is -0.385. The summed E-state index contributed by atoms with van der Waals surface area (Å²) in [5.41, 5.74) is 2.20. The number of nitrogen functional groups attached to an aromatic ring is 1. The average molecular weight is 280 g/mol. The molecule has 0 fully saturated rings. The zero-order valence-corrected chi connectivity index (χ0v) is 11.9. The van der Waals surface area contributed by atoms with E-state index in [1.165, 1.54) is 12.1 Å². The second kappa shape index (κ2) is 6.80. The molecule has 0 bridgehead atoms. The van der Waals surface area contributed by atoms with Crippen molar-refractivity contribution in [1.82, 2.24) is 20.8 Å². The van der Waals surface area contributed by atoms with Gasteiger partial charge >= 0.3 is 0 Å². The van der Waals surface area contributed by atoms with Gasteiger partial charge in [0.05, 0.1) is 0 Å². The number of anilines is 1. The molecule has 110 valence electrons. The van der Waals surface area contributed by atoms with Crippen LogP contribution in [0.4, 0.5) is 5.82 Å². The van der Waals surface area contributed by atoms with Crippen molar-refractivity contribution in [2.45, 2.75) is 32.7 Å². The van der Waals surface area contributed by atoms with Crippen molar-refractivity contribution in [3.05, 3.63) is 17.8 Å². The highest BCUT2D eigenvalue weighted by molar-refractivity contribution is 5.92. The molecule has 1 heterocycles. The van der Waals surface area contributed by atoms with E-state index in [9.17, 15) is 9.59 Å². The number of hydrazine groups is 1. The summed E-state index contributed by atoms with van der Waals surface area (Å²) in [6, 6.07) is 3.03. The molecule has 0 aromatic carbocycles. The third-order valence-corrected chi connectivity index (χ3v) is 2.20. The number of nitrogens with zero attached hydrogens (tertiary/aromatic N) is 2. The summed E-state index contributed by atoms with van der Waals surface area (Å²) in [6.07, 6.45) is 0.207. The second-order valence-corrected chi connectivity index (χ2v) is 5.25. The molecule has 2 amide bonds. The molecular formula is C12H20N6O2. The van der Waals surface area contributed by atoms with Gasteiger partial charge in [-0.2, -0.15) is 0 Å². The zero-order valence-electron chi connectivity index (χ0n) is 11.9. The van der Waals surface area contributed by atoms with Gasteiger partial charge in [-0.1, -0.05) is 0 Å². The van der Waals surface area contributed by atoms with E-state index in [1.54, 1.807) is 0 Å². The molecule has 0 aliphatic heterocycles. The first-order chi connectivity index (χ1) is 9.31. The van der Waals surface area contributed by atoms with Crippen LogP contribution in [0.1, 0.15) is 37.7 Å². The Labute approximate surface area is 117 Å². The molecule has 1 aromatic heterocycles. The Hall–Kier alpha value is -2.22. The molecule has 0 aliphatic carbocycles. The molecule has 0 aliphatic rings. The fraction of sp³-hybridized carbons (Fsp3) is 0.500. The van der Waals surface area contributed by atoms with Crippen LogP contribution < -0.4 is 21.9 Å². The van der Waals surface area contributed by atoms with Crippen molar-refractivity contribution >= 4 is 17.6 Å². The van der Waals surface area contributed by atoms with Crippen molar-refractivity contribution in [1.29, 1.82) is 0 Å². The van der Waals surface area contributed by atoms with Crippen LogP contribution in [0.3, 0.4) is 0 Å². The summed E-state index contributed by atoms with van der Waals surface area (Å²) in [6.45, 7) is 5.92. The maximum atomic E-state index is 11.7. The molecule has 0 saturated heterocycles. The van der Waals surface area contributed by atoms with E-state index in [0.29, 0.717) is 5.82 Å². The number of nitrogens with two attached hydrogens (primary N) is 1. The van der Waals surface area contributed by atoms with Crippen LogP contribution in [0.15, 0.2) is 12.1 Å². The Kier molecular flexibility index (Phi) is 5.39. The first kappa shape index (κ1) is 15.8. The zero-order chi connectivity index (χ0) is 15.2. The molecule has 0 saturated carbocycles. The summed E-state index contributed by atoms with van der Waals surface area (Å²) in [5, 5.41) is 12.8. The second-order valence-electron chi connectivity index (χ2n) is 5.25. The monoisotopic (exact) mass is 280 g/mol. The molecule has 0 atom stereocenters. The molecule has 0 spiro atoms. The van der Waals surface area contributed by atoms with Crippen molar-refractivity contribution in [2.24, 2.45) is 5.84 Å². The van der Waals surface area contributed by atoms with E-state index in [2.05, 4.69) is 26.3 Å². The van der Waals surface area contributed by atoms with Gasteiger partial charge in [0, 0.05) is 18.5 Å². The molecule has 8 heteroatoms. The van der Waals surface area contributed by atoms with Gasteiger partial charge in [0.25, 0.3) is 5.91 Å². The average Bonchev–Trinajstić information content (AvgIpc) is 2.36. The molecule has 8 nitrogen and oxygen atoms in total. The molecular weight excluding hydrogens is 260 g/mol. The Morgan fingerprint density at radius 2 is 1.95 bits per heavy atom. The van der Waals surface area contributed by atoms with Crippen LogP contribution in [0.25, 0.3) is 0 Å². The van der Waals surface area contributed by atoms with Gasteiger partial charge in [-0.15, -0.1) is 10.2 Å². The van der Waals surface area contributed by atoms with Crippen LogP contribution >= 0.6 is 0 Å². The first-order valence-corrected chi connectivity index (χ1v) is 6.21. The van der Waals surface area contributed by atoms with Gasteiger partial charge in [-0.25, -0.2) is 5.84 Å². The number of hydrogen-bond acceptors (Lipinski definition) is 6. The topological polar surface area (TPSA) is 122 Å². The number of hydrogen-bond donors (Lipinski definition) is 4. The minimum absolute atomic E-state index is 0.119. The first-order valence-electron chi connectivity index (χ1n) is 6.21. The van der Waals surface area contributed by atoms with E-state index in [4.69, 9.17) is 5.84 Å². The van der Waals surface area contributed by atoms with Crippen molar-refractivity contribution < 1.29 is 9.59 Å². The lowest BCUT2D eigenvalue weighted by atomic mass is 10.1. The predicted molar refractivity (Wildman–Crippen MR) is 74.7 cm³/mol. The van der Waals surface area contributed by atoms with E-state index in [1.807, 2.05) is 20.8 Å². The molecule has 0 unspecified atom stereocenters. The summed E-state index contributed by atoms with van der Waals surface area (Å²) >= 11 is 0. The molecule has 1 aromatic rings.